The summed E-state index contributed by atoms with van der Waals surface area (Å²) in [6.07, 6.45) is 8.97. The van der Waals surface area contributed by atoms with Gasteiger partial charge in [0, 0.05) is 62.3 Å². The highest BCUT2D eigenvalue weighted by atomic mass is 16.1. The first-order chi connectivity index (χ1) is 17.6. The molecule has 4 heterocycles. The maximum atomic E-state index is 12.9. The van der Waals surface area contributed by atoms with Crippen LogP contribution in [0.2, 0.25) is 0 Å². The molecule has 0 bridgehead atoms. The average molecular weight is 485 g/mol. The Morgan fingerprint density at radius 2 is 1.72 bits per heavy atom. The SMILES string of the molecule is N=C(C(=O)Nc1ccc(N2CCNCC2)nc1)c1cc(-c2cncc(N3CCCCC3)c2)ccc1N. The lowest BCUT2D eigenvalue weighted by Crippen LogP contribution is -2.43. The number of carbonyl (C=O) groups excluding carboxylic acids is 1. The highest BCUT2D eigenvalue weighted by Crippen LogP contribution is 2.28. The van der Waals surface area contributed by atoms with E-state index in [1.807, 2.05) is 24.4 Å². The summed E-state index contributed by atoms with van der Waals surface area (Å²) in [5.41, 5.74) is 10.2. The molecule has 0 spiro atoms. The van der Waals surface area contributed by atoms with Crippen molar-refractivity contribution in [1.82, 2.24) is 15.3 Å². The third-order valence-corrected chi connectivity index (χ3v) is 6.77. The lowest BCUT2D eigenvalue weighted by atomic mass is 9.99. The zero-order valence-electron chi connectivity index (χ0n) is 20.3. The van der Waals surface area contributed by atoms with Crippen molar-refractivity contribution in [1.29, 1.82) is 5.41 Å². The number of piperazine rings is 1. The van der Waals surface area contributed by atoms with Crippen LogP contribution in [-0.4, -0.2) is 60.9 Å². The van der Waals surface area contributed by atoms with Gasteiger partial charge in [0.25, 0.3) is 5.91 Å². The van der Waals surface area contributed by atoms with Crippen molar-refractivity contribution in [3.8, 4) is 11.1 Å². The smallest absolute Gasteiger partial charge is 0.274 e. The van der Waals surface area contributed by atoms with Crippen LogP contribution in [0.3, 0.4) is 0 Å². The number of piperidine rings is 1. The van der Waals surface area contributed by atoms with Crippen LogP contribution in [0.1, 0.15) is 24.8 Å². The van der Waals surface area contributed by atoms with E-state index in [1.165, 1.54) is 19.3 Å². The Kier molecular flexibility index (Phi) is 7.08. The molecule has 2 aromatic heterocycles. The lowest BCUT2D eigenvalue weighted by molar-refractivity contribution is -0.110. The van der Waals surface area contributed by atoms with Crippen LogP contribution < -0.4 is 26.2 Å². The van der Waals surface area contributed by atoms with Gasteiger partial charge in [0.05, 0.1) is 23.8 Å². The summed E-state index contributed by atoms with van der Waals surface area (Å²) in [6.45, 7) is 5.72. The number of rotatable bonds is 6. The molecule has 5 N–H and O–H groups in total. The number of amides is 1. The molecule has 36 heavy (non-hydrogen) atoms. The first-order valence-electron chi connectivity index (χ1n) is 12.5. The van der Waals surface area contributed by atoms with Crippen LogP contribution in [0.4, 0.5) is 22.9 Å². The van der Waals surface area contributed by atoms with Gasteiger partial charge in [0.15, 0.2) is 0 Å². The second kappa shape index (κ2) is 10.7. The lowest BCUT2D eigenvalue weighted by Gasteiger charge is -2.28. The number of hydrogen-bond donors (Lipinski definition) is 4. The fraction of sp³-hybridized carbons (Fsp3) is 0.333. The molecule has 2 fully saturated rings. The Balaban J connectivity index is 1.30. The van der Waals surface area contributed by atoms with Crippen molar-refractivity contribution < 1.29 is 4.79 Å². The summed E-state index contributed by atoms with van der Waals surface area (Å²) in [5.74, 6) is 0.345. The average Bonchev–Trinajstić information content (AvgIpc) is 2.94. The number of anilines is 4. The molecule has 0 saturated carbocycles. The molecule has 2 saturated heterocycles. The summed E-state index contributed by atoms with van der Waals surface area (Å²) in [6, 6.07) is 11.3. The van der Waals surface area contributed by atoms with Crippen molar-refractivity contribution in [3.63, 3.8) is 0 Å². The Hall–Kier alpha value is -3.98. The largest absolute Gasteiger partial charge is 0.398 e. The van der Waals surface area contributed by atoms with Gasteiger partial charge in [-0.25, -0.2) is 4.98 Å². The number of nitrogens with zero attached hydrogens (tertiary/aromatic N) is 4. The number of nitrogens with two attached hydrogens (primary N) is 1. The number of aromatic nitrogens is 2. The van der Waals surface area contributed by atoms with Gasteiger partial charge >= 0.3 is 0 Å². The fourth-order valence-corrected chi connectivity index (χ4v) is 4.72. The summed E-state index contributed by atoms with van der Waals surface area (Å²) >= 11 is 0. The first kappa shape index (κ1) is 23.7. The van der Waals surface area contributed by atoms with Crippen LogP contribution in [0.25, 0.3) is 11.1 Å². The van der Waals surface area contributed by atoms with Crippen LogP contribution in [0.15, 0.2) is 55.0 Å². The number of nitrogen functional groups attached to an aromatic ring is 1. The molecular formula is C27H32N8O. The zero-order chi connectivity index (χ0) is 24.9. The molecule has 2 aliphatic rings. The van der Waals surface area contributed by atoms with Gasteiger partial charge < -0.3 is 26.2 Å². The maximum Gasteiger partial charge on any atom is 0.274 e. The van der Waals surface area contributed by atoms with E-state index >= 15 is 0 Å². The summed E-state index contributed by atoms with van der Waals surface area (Å²) < 4.78 is 0. The van der Waals surface area contributed by atoms with Gasteiger partial charge in [0.2, 0.25) is 0 Å². The number of nitrogens with one attached hydrogen (secondary N) is 3. The van der Waals surface area contributed by atoms with Gasteiger partial charge in [-0.2, -0.15) is 0 Å². The normalized spacial score (nSPS) is 16.0. The molecule has 0 aliphatic carbocycles. The van der Waals surface area contributed by atoms with Crippen molar-refractivity contribution in [2.75, 3.05) is 60.1 Å². The second-order valence-corrected chi connectivity index (χ2v) is 9.25. The molecule has 2 aliphatic heterocycles. The van der Waals surface area contributed by atoms with Crippen LogP contribution in [-0.2, 0) is 4.79 Å². The summed E-state index contributed by atoms with van der Waals surface area (Å²) in [4.78, 5) is 26.4. The van der Waals surface area contributed by atoms with Crippen LogP contribution in [0, 0.1) is 5.41 Å². The van der Waals surface area contributed by atoms with Gasteiger partial charge in [0.1, 0.15) is 11.5 Å². The van der Waals surface area contributed by atoms with E-state index in [1.54, 1.807) is 24.5 Å². The topological polar surface area (TPSA) is 123 Å². The molecule has 1 aromatic carbocycles. The van der Waals surface area contributed by atoms with Gasteiger partial charge in [-0.15, -0.1) is 0 Å². The van der Waals surface area contributed by atoms with E-state index in [0.717, 1.165) is 61.9 Å². The Morgan fingerprint density at radius 3 is 2.47 bits per heavy atom. The first-order valence-corrected chi connectivity index (χ1v) is 12.5. The molecule has 0 radical (unpaired) electrons. The Morgan fingerprint density at radius 1 is 0.917 bits per heavy atom. The van der Waals surface area contributed by atoms with Crippen molar-refractivity contribution in [2.45, 2.75) is 19.3 Å². The highest BCUT2D eigenvalue weighted by molar-refractivity contribution is 6.48. The van der Waals surface area contributed by atoms with E-state index < -0.39 is 5.91 Å². The van der Waals surface area contributed by atoms with E-state index in [2.05, 4.69) is 36.5 Å². The third kappa shape index (κ3) is 5.31. The van der Waals surface area contributed by atoms with Crippen molar-refractivity contribution in [3.05, 3.63) is 60.6 Å². The summed E-state index contributed by atoms with van der Waals surface area (Å²) in [7, 11) is 0. The molecule has 5 rings (SSSR count). The number of carbonyl (C=O) groups is 1. The van der Waals surface area contributed by atoms with E-state index in [0.29, 0.717) is 16.9 Å². The highest BCUT2D eigenvalue weighted by Gasteiger charge is 2.18. The molecule has 186 valence electrons. The van der Waals surface area contributed by atoms with Gasteiger partial charge in [-0.05, 0) is 55.2 Å². The van der Waals surface area contributed by atoms with Crippen molar-refractivity contribution >= 4 is 34.5 Å². The molecule has 3 aromatic rings. The minimum atomic E-state index is -0.532. The molecule has 9 heteroatoms. The van der Waals surface area contributed by atoms with Gasteiger partial charge in [-0.1, -0.05) is 6.07 Å². The predicted octanol–water partition coefficient (Wildman–Crippen LogP) is 3.13. The van der Waals surface area contributed by atoms with E-state index in [9.17, 15) is 4.79 Å². The number of hydrogen-bond acceptors (Lipinski definition) is 8. The standard InChI is InChI=1S/C27H32N8O/c28-24-6-4-19(20-14-22(18-31-16-20)34-10-2-1-3-11-34)15-23(24)26(29)27(36)33-21-5-7-25(32-17-21)35-12-8-30-9-13-35/h4-7,14-18,29-30H,1-3,8-13,28H2,(H,33,36). The molecular weight excluding hydrogens is 452 g/mol. The molecule has 0 atom stereocenters. The fourth-order valence-electron chi connectivity index (χ4n) is 4.72. The Bertz CT molecular complexity index is 1230. The van der Waals surface area contributed by atoms with E-state index in [4.69, 9.17) is 11.1 Å². The van der Waals surface area contributed by atoms with Crippen LogP contribution in [0.5, 0.6) is 0 Å². The van der Waals surface area contributed by atoms with Crippen LogP contribution >= 0.6 is 0 Å². The molecule has 1 amide bonds. The Labute approximate surface area is 211 Å². The van der Waals surface area contributed by atoms with Gasteiger partial charge in [-0.3, -0.25) is 15.2 Å². The molecule has 9 nitrogen and oxygen atoms in total. The summed E-state index contributed by atoms with van der Waals surface area (Å²) in [5, 5.41) is 14.6. The zero-order valence-corrected chi connectivity index (χ0v) is 20.3. The minimum absolute atomic E-state index is 0.194. The minimum Gasteiger partial charge on any atom is -0.398 e. The molecule has 0 unspecified atom stereocenters. The number of pyridine rings is 2. The maximum absolute atomic E-state index is 12.9. The quantitative estimate of drug-likeness (QED) is 0.313. The number of benzene rings is 1. The third-order valence-electron chi connectivity index (χ3n) is 6.77. The van der Waals surface area contributed by atoms with Crippen molar-refractivity contribution in [2.24, 2.45) is 0 Å². The predicted molar refractivity (Wildman–Crippen MR) is 145 cm³/mol. The van der Waals surface area contributed by atoms with E-state index in [-0.39, 0.29) is 5.71 Å². The monoisotopic (exact) mass is 484 g/mol. The second-order valence-electron chi connectivity index (χ2n) is 9.25.